The molecule has 3 rings (SSSR count). The Labute approximate surface area is 96.0 Å². The molecule has 0 amide bonds. The predicted octanol–water partition coefficient (Wildman–Crippen LogP) is 2.83. The molecule has 2 aromatic heterocycles. The number of hydrogen-bond acceptors (Lipinski definition) is 5. The highest BCUT2D eigenvalue weighted by molar-refractivity contribution is 7.13. The highest BCUT2D eigenvalue weighted by Gasteiger charge is 2.03. The summed E-state index contributed by atoms with van der Waals surface area (Å²) >= 11 is 1.54. The summed E-state index contributed by atoms with van der Waals surface area (Å²) in [6, 6.07) is 7.89. The van der Waals surface area contributed by atoms with E-state index in [-0.39, 0.29) is 0 Å². The third-order valence-corrected chi connectivity index (χ3v) is 2.89. The summed E-state index contributed by atoms with van der Waals surface area (Å²) in [6.45, 7) is 0. The van der Waals surface area contributed by atoms with E-state index in [4.69, 9.17) is 0 Å². The Morgan fingerprint density at radius 3 is 2.88 bits per heavy atom. The lowest BCUT2D eigenvalue weighted by atomic mass is 10.2. The first-order chi connectivity index (χ1) is 7.93. The molecule has 1 N–H and O–H groups in total. The van der Waals surface area contributed by atoms with Gasteiger partial charge in [0.1, 0.15) is 12.1 Å². The van der Waals surface area contributed by atoms with Crippen molar-refractivity contribution in [3.63, 3.8) is 0 Å². The van der Waals surface area contributed by atoms with Crippen molar-refractivity contribution < 1.29 is 0 Å². The summed E-state index contributed by atoms with van der Waals surface area (Å²) < 4.78 is 0. The van der Waals surface area contributed by atoms with Crippen LogP contribution < -0.4 is 5.32 Å². The molecule has 0 unspecified atom stereocenters. The third kappa shape index (κ3) is 1.61. The highest BCUT2D eigenvalue weighted by atomic mass is 32.1. The highest BCUT2D eigenvalue weighted by Crippen LogP contribution is 2.23. The second kappa shape index (κ2) is 3.86. The zero-order valence-electron chi connectivity index (χ0n) is 8.29. The molecule has 2 heterocycles. The Kier molecular flexibility index (Phi) is 2.23. The zero-order valence-corrected chi connectivity index (χ0v) is 9.11. The standard InChI is InChI=1S/C11H8N4S/c1-2-4-9-8(3-1)10(14-7-13-9)15-11-12-5-6-16-11/h1-7H,(H,12,13,14,15). The van der Waals surface area contributed by atoms with Gasteiger partial charge in [0.15, 0.2) is 5.13 Å². The second-order valence-corrected chi connectivity index (χ2v) is 4.10. The maximum atomic E-state index is 4.23. The third-order valence-electron chi connectivity index (χ3n) is 2.20. The monoisotopic (exact) mass is 228 g/mol. The molecule has 1 aromatic carbocycles. The van der Waals surface area contributed by atoms with Gasteiger partial charge in [-0.15, -0.1) is 11.3 Å². The Morgan fingerprint density at radius 1 is 1.06 bits per heavy atom. The fourth-order valence-corrected chi connectivity index (χ4v) is 2.02. The van der Waals surface area contributed by atoms with Gasteiger partial charge in [0.2, 0.25) is 0 Å². The van der Waals surface area contributed by atoms with Gasteiger partial charge in [0.05, 0.1) is 5.52 Å². The van der Waals surface area contributed by atoms with Crippen LogP contribution >= 0.6 is 11.3 Å². The van der Waals surface area contributed by atoms with E-state index in [2.05, 4.69) is 20.3 Å². The van der Waals surface area contributed by atoms with Crippen LogP contribution in [0.5, 0.6) is 0 Å². The first kappa shape index (κ1) is 9.23. The summed E-state index contributed by atoms with van der Waals surface area (Å²) in [5.41, 5.74) is 0.927. The van der Waals surface area contributed by atoms with E-state index in [1.807, 2.05) is 29.6 Å². The summed E-state index contributed by atoms with van der Waals surface area (Å²) in [5, 5.41) is 6.94. The van der Waals surface area contributed by atoms with Crippen LogP contribution in [0.3, 0.4) is 0 Å². The number of benzene rings is 1. The van der Waals surface area contributed by atoms with E-state index < -0.39 is 0 Å². The lowest BCUT2D eigenvalue weighted by Crippen LogP contribution is -1.94. The van der Waals surface area contributed by atoms with Gasteiger partial charge in [-0.3, -0.25) is 0 Å². The topological polar surface area (TPSA) is 50.7 Å². The molecule has 0 aliphatic heterocycles. The molecule has 16 heavy (non-hydrogen) atoms. The molecule has 78 valence electrons. The normalized spacial score (nSPS) is 10.5. The van der Waals surface area contributed by atoms with Crippen molar-refractivity contribution in [2.24, 2.45) is 0 Å². The SMILES string of the molecule is c1ccc2c(Nc3nccs3)ncnc2c1. The van der Waals surface area contributed by atoms with E-state index >= 15 is 0 Å². The van der Waals surface area contributed by atoms with Crippen LogP contribution in [0.15, 0.2) is 42.2 Å². The van der Waals surface area contributed by atoms with Gasteiger partial charge < -0.3 is 5.32 Å². The van der Waals surface area contributed by atoms with Crippen molar-refractivity contribution in [1.29, 1.82) is 0 Å². The molecule has 0 fully saturated rings. The average molecular weight is 228 g/mol. The largest absolute Gasteiger partial charge is 0.316 e. The lowest BCUT2D eigenvalue weighted by Gasteiger charge is -2.04. The van der Waals surface area contributed by atoms with Crippen molar-refractivity contribution in [3.8, 4) is 0 Å². The van der Waals surface area contributed by atoms with Crippen molar-refractivity contribution in [1.82, 2.24) is 15.0 Å². The van der Waals surface area contributed by atoms with E-state index in [0.717, 1.165) is 21.9 Å². The molecule has 0 bridgehead atoms. The number of nitrogens with zero attached hydrogens (tertiary/aromatic N) is 3. The van der Waals surface area contributed by atoms with Gasteiger partial charge in [0.25, 0.3) is 0 Å². The smallest absolute Gasteiger partial charge is 0.188 e. The molecule has 3 aromatic rings. The van der Waals surface area contributed by atoms with Crippen molar-refractivity contribution in [3.05, 3.63) is 42.2 Å². The first-order valence-corrected chi connectivity index (χ1v) is 5.68. The molecule has 0 spiro atoms. The predicted molar refractivity (Wildman–Crippen MR) is 64.9 cm³/mol. The summed E-state index contributed by atoms with van der Waals surface area (Å²) in [4.78, 5) is 12.6. The molecular formula is C11H8N4S. The molecule has 5 heteroatoms. The summed E-state index contributed by atoms with van der Waals surface area (Å²) in [7, 11) is 0. The number of thiazole rings is 1. The average Bonchev–Trinajstić information content (AvgIpc) is 2.82. The van der Waals surface area contributed by atoms with Crippen LogP contribution in [0.1, 0.15) is 0 Å². The van der Waals surface area contributed by atoms with E-state index in [0.29, 0.717) is 0 Å². The summed E-state index contributed by atoms with van der Waals surface area (Å²) in [6.07, 6.45) is 3.31. The fraction of sp³-hybridized carbons (Fsp3) is 0. The van der Waals surface area contributed by atoms with E-state index in [1.165, 1.54) is 0 Å². The Balaban J connectivity index is 2.10. The van der Waals surface area contributed by atoms with Crippen LogP contribution in [0.4, 0.5) is 10.9 Å². The lowest BCUT2D eigenvalue weighted by molar-refractivity contribution is 1.21. The van der Waals surface area contributed by atoms with Crippen LogP contribution in [0.2, 0.25) is 0 Å². The number of aromatic nitrogens is 3. The molecule has 0 aliphatic carbocycles. The Morgan fingerprint density at radius 2 is 2.00 bits per heavy atom. The molecular weight excluding hydrogens is 220 g/mol. The molecule has 0 saturated carbocycles. The minimum atomic E-state index is 0.792. The van der Waals surface area contributed by atoms with Crippen LogP contribution in [0.25, 0.3) is 10.9 Å². The quantitative estimate of drug-likeness (QED) is 0.732. The Hall–Kier alpha value is -2.01. The van der Waals surface area contributed by atoms with Crippen LogP contribution in [-0.2, 0) is 0 Å². The van der Waals surface area contributed by atoms with Gasteiger partial charge in [-0.1, -0.05) is 12.1 Å². The molecule has 0 aliphatic rings. The fourth-order valence-electron chi connectivity index (χ4n) is 1.49. The van der Waals surface area contributed by atoms with Gasteiger partial charge in [-0.2, -0.15) is 0 Å². The maximum Gasteiger partial charge on any atom is 0.188 e. The number of para-hydroxylation sites is 1. The van der Waals surface area contributed by atoms with Gasteiger partial charge >= 0.3 is 0 Å². The first-order valence-electron chi connectivity index (χ1n) is 4.80. The molecule has 4 nitrogen and oxygen atoms in total. The van der Waals surface area contributed by atoms with Crippen molar-refractivity contribution >= 4 is 33.2 Å². The van der Waals surface area contributed by atoms with Crippen LogP contribution in [0, 0.1) is 0 Å². The Bertz CT molecular complexity index is 601. The number of rotatable bonds is 2. The summed E-state index contributed by atoms with van der Waals surface area (Å²) in [5.74, 6) is 0.792. The number of anilines is 2. The molecule has 0 atom stereocenters. The van der Waals surface area contributed by atoms with Gasteiger partial charge in [-0.05, 0) is 12.1 Å². The van der Waals surface area contributed by atoms with Crippen LogP contribution in [-0.4, -0.2) is 15.0 Å². The van der Waals surface area contributed by atoms with E-state index in [9.17, 15) is 0 Å². The number of nitrogens with one attached hydrogen (secondary N) is 1. The van der Waals surface area contributed by atoms with E-state index in [1.54, 1.807) is 23.9 Å². The van der Waals surface area contributed by atoms with Gasteiger partial charge in [-0.25, -0.2) is 15.0 Å². The minimum absolute atomic E-state index is 0.792. The maximum absolute atomic E-state index is 4.23. The molecule has 0 radical (unpaired) electrons. The van der Waals surface area contributed by atoms with Gasteiger partial charge in [0, 0.05) is 17.0 Å². The number of hydrogen-bond donors (Lipinski definition) is 1. The van der Waals surface area contributed by atoms with Crippen molar-refractivity contribution in [2.75, 3.05) is 5.32 Å². The zero-order chi connectivity index (χ0) is 10.8. The molecule has 0 saturated heterocycles. The number of fused-ring (bicyclic) bond motifs is 1. The minimum Gasteiger partial charge on any atom is -0.316 e. The van der Waals surface area contributed by atoms with Crippen molar-refractivity contribution in [2.45, 2.75) is 0 Å². The second-order valence-electron chi connectivity index (χ2n) is 3.20.